The van der Waals surface area contributed by atoms with Gasteiger partial charge in [0.05, 0.1) is 0 Å². The van der Waals surface area contributed by atoms with E-state index in [-0.39, 0.29) is 0 Å². The summed E-state index contributed by atoms with van der Waals surface area (Å²) in [6.45, 7) is 0. The van der Waals surface area contributed by atoms with E-state index in [0.717, 1.165) is 0 Å². The lowest BCUT2D eigenvalue weighted by Crippen LogP contribution is -1.90. The van der Waals surface area contributed by atoms with Gasteiger partial charge in [0, 0.05) is 0 Å². The summed E-state index contributed by atoms with van der Waals surface area (Å²) in [6, 6.07) is 39.6. The minimum atomic E-state index is 1.26. The maximum Gasteiger partial charge on any atom is -0.00147 e. The minimum absolute atomic E-state index is 1.26. The molecular formula is C30H20S. The fourth-order valence-corrected chi connectivity index (χ4v) is 5.28. The van der Waals surface area contributed by atoms with Crippen LogP contribution in [0.4, 0.5) is 0 Å². The highest BCUT2D eigenvalue weighted by atomic mass is 32.1. The third kappa shape index (κ3) is 3.06. The molecule has 1 heterocycles. The van der Waals surface area contributed by atoms with Crippen molar-refractivity contribution in [2.45, 2.75) is 0 Å². The molecule has 0 aliphatic heterocycles. The van der Waals surface area contributed by atoms with Crippen molar-refractivity contribution in [1.29, 1.82) is 0 Å². The second kappa shape index (κ2) is 7.54. The van der Waals surface area contributed by atoms with E-state index >= 15 is 0 Å². The van der Waals surface area contributed by atoms with E-state index in [2.05, 4.69) is 120 Å². The third-order valence-corrected chi connectivity index (χ3v) is 6.71. The minimum Gasteiger partial charge on any atom is -0.152 e. The largest absolute Gasteiger partial charge is 0.152 e. The fraction of sp³-hybridized carbons (Fsp3) is 0. The molecule has 146 valence electrons. The van der Waals surface area contributed by atoms with Gasteiger partial charge in [-0.3, -0.25) is 0 Å². The maximum absolute atomic E-state index is 2.27. The predicted octanol–water partition coefficient (Wildman–Crippen LogP) is 9.06. The molecule has 1 aromatic heterocycles. The first-order valence-corrected chi connectivity index (χ1v) is 11.5. The molecule has 0 saturated heterocycles. The second-order valence-corrected chi connectivity index (χ2v) is 8.58. The number of fused-ring (bicyclic) bond motifs is 2. The van der Waals surface area contributed by atoms with E-state index in [9.17, 15) is 0 Å². The second-order valence-electron chi connectivity index (χ2n) is 7.80. The summed E-state index contributed by atoms with van der Waals surface area (Å²) in [4.78, 5) is 0. The molecule has 0 saturated carbocycles. The Morgan fingerprint density at radius 2 is 0.806 bits per heavy atom. The highest BCUT2D eigenvalue weighted by Crippen LogP contribution is 2.43. The molecule has 0 radical (unpaired) electrons. The molecule has 6 aromatic rings. The van der Waals surface area contributed by atoms with Gasteiger partial charge in [-0.15, -0.1) is 0 Å². The van der Waals surface area contributed by atoms with Crippen LogP contribution in [-0.2, 0) is 0 Å². The SMILES string of the molecule is c1ccc(-c2c3ccccc3c(-c3ccc(-c4ccsc4)cc3)c3ccccc23)cc1. The van der Waals surface area contributed by atoms with Crippen molar-refractivity contribution < 1.29 is 0 Å². The van der Waals surface area contributed by atoms with Gasteiger partial charge in [-0.25, -0.2) is 0 Å². The average molecular weight is 413 g/mol. The smallest absolute Gasteiger partial charge is 0.00147 e. The number of thiophene rings is 1. The van der Waals surface area contributed by atoms with E-state index in [4.69, 9.17) is 0 Å². The van der Waals surface area contributed by atoms with Crippen LogP contribution in [0.5, 0.6) is 0 Å². The first-order chi connectivity index (χ1) is 15.4. The van der Waals surface area contributed by atoms with Crippen molar-refractivity contribution >= 4 is 32.9 Å². The van der Waals surface area contributed by atoms with Gasteiger partial charge in [-0.05, 0) is 71.8 Å². The number of rotatable bonds is 3. The first kappa shape index (κ1) is 18.1. The van der Waals surface area contributed by atoms with Crippen LogP contribution in [0.3, 0.4) is 0 Å². The molecule has 5 aromatic carbocycles. The monoisotopic (exact) mass is 412 g/mol. The van der Waals surface area contributed by atoms with Crippen molar-refractivity contribution in [2.24, 2.45) is 0 Å². The molecule has 0 aliphatic carbocycles. The van der Waals surface area contributed by atoms with Gasteiger partial charge in [-0.1, -0.05) is 103 Å². The van der Waals surface area contributed by atoms with Crippen molar-refractivity contribution in [3.8, 4) is 33.4 Å². The van der Waals surface area contributed by atoms with Gasteiger partial charge in [0.15, 0.2) is 0 Å². The molecule has 0 fully saturated rings. The Hall–Kier alpha value is -3.68. The fourth-order valence-electron chi connectivity index (χ4n) is 4.61. The van der Waals surface area contributed by atoms with Gasteiger partial charge < -0.3 is 0 Å². The summed E-state index contributed by atoms with van der Waals surface area (Å²) in [7, 11) is 0. The van der Waals surface area contributed by atoms with Crippen LogP contribution in [0.15, 0.2) is 120 Å². The molecule has 0 atom stereocenters. The summed E-state index contributed by atoms with van der Waals surface area (Å²) in [5.41, 5.74) is 7.68. The summed E-state index contributed by atoms with van der Waals surface area (Å²) in [6.07, 6.45) is 0. The molecule has 0 aliphatic rings. The van der Waals surface area contributed by atoms with E-state index in [1.165, 1.54) is 54.9 Å². The lowest BCUT2D eigenvalue weighted by Gasteiger charge is -2.17. The maximum atomic E-state index is 2.27. The van der Waals surface area contributed by atoms with E-state index < -0.39 is 0 Å². The van der Waals surface area contributed by atoms with Crippen LogP contribution in [0.1, 0.15) is 0 Å². The van der Waals surface area contributed by atoms with Gasteiger partial charge in [0.2, 0.25) is 0 Å². The third-order valence-electron chi connectivity index (χ3n) is 6.02. The predicted molar refractivity (Wildman–Crippen MR) is 136 cm³/mol. The molecular weight excluding hydrogens is 392 g/mol. The highest BCUT2D eigenvalue weighted by molar-refractivity contribution is 7.08. The Kier molecular flexibility index (Phi) is 4.40. The summed E-state index contributed by atoms with van der Waals surface area (Å²) >= 11 is 1.74. The van der Waals surface area contributed by atoms with Crippen LogP contribution >= 0.6 is 11.3 Å². The standard InChI is InChI=1S/C30H20S/c1-2-8-22(9-3-1)29-25-10-4-6-12-27(25)30(28-13-7-5-11-26(28)29)23-16-14-21(15-17-23)24-18-19-31-20-24/h1-20H. The molecule has 1 heteroatoms. The number of benzene rings is 5. The normalized spacial score (nSPS) is 11.2. The molecule has 6 rings (SSSR count). The van der Waals surface area contributed by atoms with Crippen molar-refractivity contribution in [1.82, 2.24) is 0 Å². The Bertz CT molecular complexity index is 1440. The molecule has 0 nitrogen and oxygen atoms in total. The Labute approximate surface area is 186 Å². The zero-order valence-corrected chi connectivity index (χ0v) is 17.8. The van der Waals surface area contributed by atoms with E-state index in [0.29, 0.717) is 0 Å². The lowest BCUT2D eigenvalue weighted by atomic mass is 9.86. The van der Waals surface area contributed by atoms with Gasteiger partial charge in [0.25, 0.3) is 0 Å². The molecule has 0 amide bonds. The number of hydrogen-bond acceptors (Lipinski definition) is 1. The van der Waals surface area contributed by atoms with Crippen LogP contribution in [-0.4, -0.2) is 0 Å². The van der Waals surface area contributed by atoms with Crippen LogP contribution < -0.4 is 0 Å². The van der Waals surface area contributed by atoms with Crippen molar-refractivity contribution in [3.05, 3.63) is 120 Å². The molecule has 0 unspecified atom stereocenters. The summed E-state index contributed by atoms with van der Waals surface area (Å²) in [5, 5.41) is 9.52. The quantitative estimate of drug-likeness (QED) is 0.254. The lowest BCUT2D eigenvalue weighted by molar-refractivity contribution is 1.64. The van der Waals surface area contributed by atoms with Crippen molar-refractivity contribution in [3.63, 3.8) is 0 Å². The Morgan fingerprint density at radius 1 is 0.355 bits per heavy atom. The van der Waals surface area contributed by atoms with E-state index in [1.54, 1.807) is 11.3 Å². The molecule has 31 heavy (non-hydrogen) atoms. The van der Waals surface area contributed by atoms with Gasteiger partial charge >= 0.3 is 0 Å². The Balaban J connectivity index is 1.67. The zero-order valence-electron chi connectivity index (χ0n) is 17.0. The Morgan fingerprint density at radius 3 is 1.29 bits per heavy atom. The summed E-state index contributed by atoms with van der Waals surface area (Å²) < 4.78 is 0. The van der Waals surface area contributed by atoms with Gasteiger partial charge in [-0.2, -0.15) is 11.3 Å². The highest BCUT2D eigenvalue weighted by Gasteiger charge is 2.16. The van der Waals surface area contributed by atoms with Gasteiger partial charge in [0.1, 0.15) is 0 Å². The number of hydrogen-bond donors (Lipinski definition) is 0. The average Bonchev–Trinajstić information content (AvgIpc) is 3.38. The van der Waals surface area contributed by atoms with Crippen LogP contribution in [0, 0.1) is 0 Å². The van der Waals surface area contributed by atoms with Crippen LogP contribution in [0.25, 0.3) is 54.9 Å². The topological polar surface area (TPSA) is 0 Å². The summed E-state index contributed by atoms with van der Waals surface area (Å²) in [5.74, 6) is 0. The molecule has 0 spiro atoms. The molecule has 0 bridgehead atoms. The van der Waals surface area contributed by atoms with Crippen molar-refractivity contribution in [2.75, 3.05) is 0 Å². The first-order valence-electron chi connectivity index (χ1n) is 10.5. The van der Waals surface area contributed by atoms with E-state index in [1.807, 2.05) is 0 Å². The van der Waals surface area contributed by atoms with Crippen LogP contribution in [0.2, 0.25) is 0 Å². The molecule has 0 N–H and O–H groups in total. The zero-order chi connectivity index (χ0) is 20.6.